The number of hydrogen-bond donors (Lipinski definition) is 3. The predicted octanol–water partition coefficient (Wildman–Crippen LogP) is 10.6. The zero-order valence-electron chi connectivity index (χ0n) is 25.9. The van der Waals surface area contributed by atoms with Gasteiger partial charge in [0.25, 0.3) is 0 Å². The summed E-state index contributed by atoms with van der Waals surface area (Å²) < 4.78 is 49.6. The molecule has 2 aromatic carbocycles. The van der Waals surface area contributed by atoms with Crippen molar-refractivity contribution in [1.82, 2.24) is 19.6 Å². The number of rotatable bonds is 11. The Balaban J connectivity index is 1.00. The van der Waals surface area contributed by atoms with Crippen molar-refractivity contribution in [2.45, 2.75) is 48.5 Å². The topological polar surface area (TPSA) is 157 Å². The zero-order valence-corrected chi connectivity index (χ0v) is 31.4. The van der Waals surface area contributed by atoms with Crippen molar-refractivity contribution in [3.63, 3.8) is 0 Å². The SMILES string of the molecule is O=S(=O)(O)c1cc2oc3c(C(O)CCCCCC(O)c4nn(-c5ccc(Cl)cc5Cl)c5c4oc4ccsc45)nn(-c4ccc(Cl)cc4Cl)c3c2s1. The first-order valence-electron chi connectivity index (χ1n) is 15.5. The number of furan rings is 2. The summed E-state index contributed by atoms with van der Waals surface area (Å²) in [6.07, 6.45) is 0.638. The van der Waals surface area contributed by atoms with Gasteiger partial charge in [-0.3, -0.25) is 4.55 Å². The predicted molar refractivity (Wildman–Crippen MR) is 200 cm³/mol. The van der Waals surface area contributed by atoms with Crippen LogP contribution in [0, 0.1) is 0 Å². The number of thiophene rings is 2. The molecular weight excluding hydrogens is 802 g/mol. The lowest BCUT2D eigenvalue weighted by Crippen LogP contribution is -2.04. The lowest BCUT2D eigenvalue weighted by molar-refractivity contribution is 0.149. The monoisotopic (exact) mass is 824 g/mol. The van der Waals surface area contributed by atoms with E-state index in [1.54, 1.807) is 41.1 Å². The van der Waals surface area contributed by atoms with Gasteiger partial charge in [0, 0.05) is 16.1 Å². The average Bonchev–Trinajstić information content (AvgIpc) is 3.89. The summed E-state index contributed by atoms with van der Waals surface area (Å²) in [5, 5.41) is 35.5. The summed E-state index contributed by atoms with van der Waals surface area (Å²) in [6, 6.07) is 13.1. The molecule has 18 heteroatoms. The first-order valence-corrected chi connectivity index (χ1v) is 20.1. The second kappa shape index (κ2) is 13.4. The highest BCUT2D eigenvalue weighted by Gasteiger charge is 2.29. The number of aromatic nitrogens is 4. The van der Waals surface area contributed by atoms with Gasteiger partial charge >= 0.3 is 10.1 Å². The molecule has 264 valence electrons. The summed E-state index contributed by atoms with van der Waals surface area (Å²) in [7, 11) is -4.48. The molecule has 11 nitrogen and oxygen atoms in total. The Bertz CT molecular complexity index is 2730. The molecule has 0 saturated heterocycles. The van der Waals surface area contributed by atoms with E-state index < -0.39 is 22.3 Å². The second-order valence-corrected chi connectivity index (χ2v) is 17.2. The van der Waals surface area contributed by atoms with E-state index in [2.05, 4.69) is 5.10 Å². The van der Waals surface area contributed by atoms with E-state index in [9.17, 15) is 23.2 Å². The van der Waals surface area contributed by atoms with E-state index in [1.807, 2.05) is 11.4 Å². The third kappa shape index (κ3) is 6.24. The van der Waals surface area contributed by atoms with Gasteiger partial charge in [0.2, 0.25) is 0 Å². The molecule has 0 aliphatic carbocycles. The van der Waals surface area contributed by atoms with E-state index in [4.69, 9.17) is 60.3 Å². The molecule has 2 unspecified atom stereocenters. The lowest BCUT2D eigenvalue weighted by atomic mass is 10.0. The van der Waals surface area contributed by atoms with Crippen LogP contribution >= 0.6 is 69.1 Å². The normalized spacial score (nSPS) is 13.8. The number of aliphatic hydroxyl groups excluding tert-OH is 2. The van der Waals surface area contributed by atoms with Crippen molar-refractivity contribution in [2.24, 2.45) is 0 Å². The number of halogens is 4. The van der Waals surface area contributed by atoms with Crippen LogP contribution in [0.3, 0.4) is 0 Å². The molecule has 8 rings (SSSR count). The molecular formula is C33H24Cl4N4O7S3. The fourth-order valence-corrected chi connectivity index (χ4v) is 9.74. The summed E-state index contributed by atoms with van der Waals surface area (Å²) >= 11 is 27.6. The number of aliphatic hydroxyl groups is 2. The van der Waals surface area contributed by atoms with Gasteiger partial charge in [-0.1, -0.05) is 65.7 Å². The minimum absolute atomic E-state index is 0.215. The molecule has 0 radical (unpaired) electrons. The summed E-state index contributed by atoms with van der Waals surface area (Å²) in [5.74, 6) is 0. The molecule has 0 spiro atoms. The Kier molecular flexibility index (Phi) is 9.15. The van der Waals surface area contributed by atoms with Crippen LogP contribution in [0.15, 0.2) is 67.0 Å². The van der Waals surface area contributed by atoms with Gasteiger partial charge in [-0.15, -0.1) is 22.7 Å². The third-order valence-corrected chi connectivity index (χ3v) is 12.9. The molecule has 8 aromatic rings. The second-order valence-electron chi connectivity index (χ2n) is 11.9. The average molecular weight is 827 g/mol. The largest absolute Gasteiger partial charge is 0.451 e. The molecule has 51 heavy (non-hydrogen) atoms. The van der Waals surface area contributed by atoms with Crippen molar-refractivity contribution in [1.29, 1.82) is 0 Å². The Morgan fingerprint density at radius 2 is 1.25 bits per heavy atom. The molecule has 0 saturated carbocycles. The van der Waals surface area contributed by atoms with Crippen molar-refractivity contribution < 1.29 is 32.0 Å². The molecule has 0 bridgehead atoms. The van der Waals surface area contributed by atoms with Crippen LogP contribution in [0.4, 0.5) is 0 Å². The van der Waals surface area contributed by atoms with Crippen molar-refractivity contribution in [2.75, 3.05) is 0 Å². The molecule has 0 aliphatic heterocycles. The maximum atomic E-state index is 11.8. The van der Waals surface area contributed by atoms with Gasteiger partial charge in [-0.05, 0) is 60.7 Å². The van der Waals surface area contributed by atoms with E-state index in [0.29, 0.717) is 85.6 Å². The van der Waals surface area contributed by atoms with Gasteiger partial charge in [0.05, 0.1) is 26.1 Å². The van der Waals surface area contributed by atoms with Crippen molar-refractivity contribution in [3.05, 3.63) is 85.4 Å². The lowest BCUT2D eigenvalue weighted by Gasteiger charge is -2.10. The summed E-state index contributed by atoms with van der Waals surface area (Å²) in [4.78, 5) is 0. The quantitative estimate of drug-likeness (QED) is 0.0853. The minimum atomic E-state index is -4.48. The minimum Gasteiger partial charge on any atom is -0.451 e. The zero-order chi connectivity index (χ0) is 35.8. The molecule has 3 N–H and O–H groups in total. The number of nitrogens with zero attached hydrogens (tertiary/aromatic N) is 4. The van der Waals surface area contributed by atoms with E-state index in [0.717, 1.165) is 21.6 Å². The standard InChI is InChI=1S/C33H24Cl4N4O7S3/c34-15-6-8-19(17(36)12-15)40-28-30(47-23-10-11-49-32(23)28)26(38-40)21(42)4-2-1-3-5-22(43)27-31-29(33-24(48-31)14-25(50-33)51(44,45)46)41(39-27)20-9-7-16(35)13-18(20)37/h6-14,21-22,42-43H,1-5H2,(H,44,45,46). The number of hydrogen-bond acceptors (Lipinski definition) is 10. The molecule has 2 atom stereocenters. The van der Waals surface area contributed by atoms with Crippen LogP contribution in [0.5, 0.6) is 0 Å². The number of benzene rings is 2. The van der Waals surface area contributed by atoms with Gasteiger partial charge < -0.3 is 19.0 Å². The van der Waals surface area contributed by atoms with Crippen LogP contribution in [0.25, 0.3) is 54.1 Å². The maximum absolute atomic E-state index is 11.8. The number of fused-ring (bicyclic) bond motifs is 6. The van der Waals surface area contributed by atoms with E-state index in [1.165, 1.54) is 22.1 Å². The van der Waals surface area contributed by atoms with Gasteiger partial charge in [-0.25, -0.2) is 9.36 Å². The Morgan fingerprint density at radius 1 is 0.725 bits per heavy atom. The van der Waals surface area contributed by atoms with Crippen LogP contribution in [0.2, 0.25) is 20.1 Å². The number of unbranched alkanes of at least 4 members (excludes halogenated alkanes) is 2. The first-order chi connectivity index (χ1) is 24.4. The highest BCUT2D eigenvalue weighted by Crippen LogP contribution is 2.43. The molecule has 6 heterocycles. The van der Waals surface area contributed by atoms with Gasteiger partial charge in [-0.2, -0.15) is 18.6 Å². The van der Waals surface area contributed by atoms with E-state index >= 15 is 0 Å². The summed E-state index contributed by atoms with van der Waals surface area (Å²) in [6.45, 7) is 0. The summed E-state index contributed by atoms with van der Waals surface area (Å²) in [5.41, 5.74) is 4.50. The highest BCUT2D eigenvalue weighted by atomic mass is 35.5. The van der Waals surface area contributed by atoms with Crippen LogP contribution < -0.4 is 0 Å². The molecule has 6 aromatic heterocycles. The first kappa shape index (κ1) is 34.9. The van der Waals surface area contributed by atoms with Crippen molar-refractivity contribution >= 4 is 122 Å². The highest BCUT2D eigenvalue weighted by molar-refractivity contribution is 7.88. The van der Waals surface area contributed by atoms with Crippen molar-refractivity contribution in [3.8, 4) is 11.4 Å². The smallest absolute Gasteiger partial charge is 0.304 e. The fraction of sp³-hybridized carbons (Fsp3) is 0.212. The fourth-order valence-electron chi connectivity index (χ4n) is 6.15. The molecule has 0 fully saturated rings. The van der Waals surface area contributed by atoms with Crippen LogP contribution in [-0.4, -0.2) is 42.7 Å². The van der Waals surface area contributed by atoms with Gasteiger partial charge in [0.15, 0.2) is 15.4 Å². The Labute approximate surface area is 316 Å². The molecule has 0 amide bonds. The maximum Gasteiger partial charge on any atom is 0.304 e. The Morgan fingerprint density at radius 3 is 1.78 bits per heavy atom. The third-order valence-electron chi connectivity index (χ3n) is 8.51. The van der Waals surface area contributed by atoms with Crippen LogP contribution in [-0.2, 0) is 10.1 Å². The molecule has 0 aliphatic rings. The Hall–Kier alpha value is -3.15. The van der Waals surface area contributed by atoms with Crippen LogP contribution in [0.1, 0.15) is 55.7 Å². The van der Waals surface area contributed by atoms with E-state index in [-0.39, 0.29) is 26.1 Å². The van der Waals surface area contributed by atoms with Gasteiger partial charge in [0.1, 0.15) is 50.5 Å².